The fourth-order valence-corrected chi connectivity index (χ4v) is 10.9. The molecular formula is C53H74O6P2. The van der Waals surface area contributed by atoms with Crippen LogP contribution in [0.1, 0.15) is 164 Å². The molecular weight excluding hydrogens is 795 g/mol. The summed E-state index contributed by atoms with van der Waals surface area (Å²) in [5.74, 6) is 0. The van der Waals surface area contributed by atoms with Gasteiger partial charge >= 0.3 is 16.5 Å². The van der Waals surface area contributed by atoms with Crippen molar-refractivity contribution >= 4 is 60.4 Å². The molecule has 2 heterocycles. The first-order valence-corrected chi connectivity index (χ1v) is 24.2. The third-order valence-electron chi connectivity index (χ3n) is 12.7. The van der Waals surface area contributed by atoms with E-state index in [1.54, 1.807) is 0 Å². The quantitative estimate of drug-likeness (QED) is 0.166. The minimum Gasteiger partial charge on any atom is -0.399 e. The average Bonchev–Trinajstić information content (AvgIpc) is 3.40. The van der Waals surface area contributed by atoms with Crippen LogP contribution >= 0.6 is 16.5 Å². The van der Waals surface area contributed by atoms with Crippen molar-refractivity contribution in [3.8, 4) is 0 Å². The molecule has 0 spiro atoms. The molecule has 0 amide bonds. The predicted molar refractivity (Wildman–Crippen MR) is 262 cm³/mol. The van der Waals surface area contributed by atoms with E-state index >= 15 is 0 Å². The topological polar surface area (TPSA) is 71.0 Å². The Bertz CT molecular complexity index is 2420. The minimum atomic E-state index is -1.87. The van der Waals surface area contributed by atoms with E-state index < -0.39 is 21.9 Å². The van der Waals surface area contributed by atoms with Gasteiger partial charge in [0.25, 0.3) is 0 Å². The molecule has 2 aromatic heterocycles. The summed E-state index contributed by atoms with van der Waals surface area (Å²) in [6.07, 6.45) is 0. The van der Waals surface area contributed by atoms with Crippen LogP contribution in [0, 0.1) is 60.8 Å². The summed E-state index contributed by atoms with van der Waals surface area (Å²) in [5.41, 5.74) is 16.5. The standard InChI is InChI=1S/C53H74O6P2/c1-29-23-37(49(9,10)11)45-41(33(29)5)42-34(6)30(2)24-38(50(12,13)14)46(42)57-60(56-45)54-27-53(21,22)28-55-61-58-47-39(51(15,16)17)25-31(3)35(7)43(47)44-36(8)32(4)26-40(48(44)59-61)52(18,19)20/h23-26H,27-28H2,1-22H3. The maximum absolute atomic E-state index is 7.05. The smallest absolute Gasteiger partial charge is 0.387 e. The summed E-state index contributed by atoms with van der Waals surface area (Å²) in [5, 5.41) is 4.42. The van der Waals surface area contributed by atoms with E-state index in [0.29, 0.717) is 13.2 Å². The van der Waals surface area contributed by atoms with Gasteiger partial charge in [0.2, 0.25) is 0 Å². The second kappa shape index (κ2) is 16.0. The van der Waals surface area contributed by atoms with Gasteiger partial charge in [-0.1, -0.05) is 121 Å². The van der Waals surface area contributed by atoms with Gasteiger partial charge < -0.3 is 16.8 Å². The predicted octanol–water partition coefficient (Wildman–Crippen LogP) is 17.1. The summed E-state index contributed by atoms with van der Waals surface area (Å²) in [6, 6.07) is 9.14. The first-order chi connectivity index (χ1) is 27.8. The molecule has 0 radical (unpaired) electrons. The van der Waals surface area contributed by atoms with Crippen LogP contribution in [0.4, 0.5) is 0 Å². The molecule has 0 N–H and O–H groups in total. The molecule has 0 aliphatic carbocycles. The highest BCUT2D eigenvalue weighted by Crippen LogP contribution is 2.48. The lowest BCUT2D eigenvalue weighted by molar-refractivity contribution is 0.152. The van der Waals surface area contributed by atoms with Gasteiger partial charge in [-0.15, -0.1) is 0 Å². The Kier molecular flexibility index (Phi) is 12.3. The highest BCUT2D eigenvalue weighted by Gasteiger charge is 2.31. The lowest BCUT2D eigenvalue weighted by Crippen LogP contribution is -2.27. The van der Waals surface area contributed by atoms with E-state index in [-0.39, 0.29) is 21.7 Å². The van der Waals surface area contributed by atoms with Gasteiger partial charge in [0.05, 0.1) is 13.2 Å². The van der Waals surface area contributed by atoms with Crippen molar-refractivity contribution in [1.82, 2.24) is 0 Å². The Balaban J connectivity index is 1.53. The van der Waals surface area contributed by atoms with E-state index in [1.807, 2.05) is 0 Å². The molecule has 6 nitrogen and oxygen atoms in total. The molecule has 0 bridgehead atoms. The summed E-state index contributed by atoms with van der Waals surface area (Å²) in [6.45, 7) is 49.5. The van der Waals surface area contributed by atoms with Gasteiger partial charge in [0.15, 0.2) is 0 Å². The summed E-state index contributed by atoms with van der Waals surface area (Å²) in [4.78, 5) is 0. The van der Waals surface area contributed by atoms with E-state index in [2.05, 4.69) is 177 Å². The van der Waals surface area contributed by atoms with Crippen LogP contribution in [-0.2, 0) is 21.7 Å². The van der Waals surface area contributed by atoms with Crippen molar-refractivity contribution in [2.24, 2.45) is 5.41 Å². The van der Waals surface area contributed by atoms with Gasteiger partial charge in [-0.2, -0.15) is 0 Å². The van der Waals surface area contributed by atoms with Crippen LogP contribution in [-0.4, -0.2) is 13.2 Å². The van der Waals surface area contributed by atoms with Crippen LogP contribution in [0.25, 0.3) is 43.9 Å². The largest absolute Gasteiger partial charge is 0.399 e. The maximum Gasteiger partial charge on any atom is 0.387 e. The average molecular weight is 869 g/mol. The van der Waals surface area contributed by atoms with E-state index in [9.17, 15) is 0 Å². The zero-order valence-corrected chi connectivity index (χ0v) is 43.4. The van der Waals surface area contributed by atoms with Crippen molar-refractivity contribution in [2.45, 2.75) is 174 Å². The van der Waals surface area contributed by atoms with E-state index in [4.69, 9.17) is 25.8 Å². The van der Waals surface area contributed by atoms with Crippen molar-refractivity contribution in [1.29, 1.82) is 0 Å². The molecule has 6 rings (SSSR count). The van der Waals surface area contributed by atoms with Crippen LogP contribution in [0.5, 0.6) is 0 Å². The number of rotatable bonds is 6. The third-order valence-corrected chi connectivity index (χ3v) is 14.7. The van der Waals surface area contributed by atoms with Crippen molar-refractivity contribution < 1.29 is 25.8 Å². The van der Waals surface area contributed by atoms with Gasteiger partial charge in [0.1, 0.15) is 22.3 Å². The van der Waals surface area contributed by atoms with Crippen LogP contribution < -0.4 is 9.05 Å². The molecule has 61 heavy (non-hydrogen) atoms. The molecule has 0 saturated carbocycles. The summed E-state index contributed by atoms with van der Waals surface area (Å²) >= 11 is 0. The molecule has 0 aliphatic heterocycles. The van der Waals surface area contributed by atoms with Crippen molar-refractivity contribution in [2.75, 3.05) is 13.2 Å². The first kappa shape index (κ1) is 47.1. The highest BCUT2D eigenvalue weighted by atomic mass is 31.1. The lowest BCUT2D eigenvalue weighted by atomic mass is 9.81. The molecule has 8 heteroatoms. The van der Waals surface area contributed by atoms with Crippen molar-refractivity contribution in [3.63, 3.8) is 0 Å². The van der Waals surface area contributed by atoms with Gasteiger partial charge in [-0.25, -0.2) is 0 Å². The maximum atomic E-state index is 7.05. The lowest BCUT2D eigenvalue weighted by Gasteiger charge is -2.23. The fourth-order valence-electron chi connectivity index (χ4n) is 8.32. The second-order valence-corrected chi connectivity index (χ2v) is 24.9. The monoisotopic (exact) mass is 868 g/mol. The fraction of sp³-hybridized carbons (Fsp3) is 0.547. The zero-order valence-electron chi connectivity index (χ0n) is 41.6. The SMILES string of the molecule is Cc1cc(C(C)(C)C)c2op(OCC(C)(C)COp3oc4c(C(C)(C)C)cc(C)c(C)c4c4c(C)c(C)cc(C(C)(C)C)c4o3)oc3c(C(C)(C)C)cc(C)c(C)c3c2c1C. The van der Waals surface area contributed by atoms with E-state index in [0.717, 1.165) is 66.1 Å². The number of hydrogen-bond donors (Lipinski definition) is 0. The molecule has 0 fully saturated rings. The number of hydrogen-bond acceptors (Lipinski definition) is 6. The third kappa shape index (κ3) is 9.04. The van der Waals surface area contributed by atoms with Gasteiger partial charge in [0, 0.05) is 49.2 Å². The Morgan fingerprint density at radius 3 is 0.738 bits per heavy atom. The number of fused-ring (bicyclic) bond motifs is 6. The van der Waals surface area contributed by atoms with E-state index in [1.165, 1.54) is 44.5 Å². The van der Waals surface area contributed by atoms with Crippen LogP contribution in [0.3, 0.4) is 0 Å². The Morgan fingerprint density at radius 1 is 0.361 bits per heavy atom. The summed E-state index contributed by atoms with van der Waals surface area (Å²) in [7, 11) is -3.73. The second-order valence-electron chi connectivity index (χ2n) is 22.8. The van der Waals surface area contributed by atoms with Crippen LogP contribution in [0.2, 0.25) is 0 Å². The molecule has 332 valence electrons. The number of aryl methyl sites for hydroxylation is 8. The normalized spacial score (nSPS) is 13.3. The Labute approximate surface area is 368 Å². The minimum absolute atomic E-state index is 0.183. The number of benzene rings is 4. The van der Waals surface area contributed by atoms with Gasteiger partial charge in [-0.05, 0) is 122 Å². The van der Waals surface area contributed by atoms with Crippen LogP contribution in [0.15, 0.2) is 41.1 Å². The Hall–Kier alpha value is -3.40. The molecule has 6 aromatic rings. The molecule has 0 atom stereocenters. The highest BCUT2D eigenvalue weighted by molar-refractivity contribution is 7.32. The molecule has 0 saturated heterocycles. The molecule has 0 unspecified atom stereocenters. The van der Waals surface area contributed by atoms with Crippen molar-refractivity contribution in [3.05, 3.63) is 91.0 Å². The molecule has 0 aliphatic rings. The zero-order chi connectivity index (χ0) is 45.7. The molecule has 4 aromatic carbocycles. The Morgan fingerprint density at radius 2 is 0.557 bits per heavy atom. The van der Waals surface area contributed by atoms with Gasteiger partial charge in [-0.3, -0.25) is 9.05 Å². The summed E-state index contributed by atoms with van der Waals surface area (Å²) < 4.78 is 41.9. The first-order valence-electron chi connectivity index (χ1n) is 22.0.